The predicted molar refractivity (Wildman–Crippen MR) is 147 cm³/mol. The van der Waals surface area contributed by atoms with E-state index in [0.717, 1.165) is 0 Å². The largest absolute Gasteiger partial charge is 0.0776 e. The molecule has 0 bridgehead atoms. The van der Waals surface area contributed by atoms with Crippen molar-refractivity contribution in [1.29, 1.82) is 0 Å². The number of hydrogen-bond acceptors (Lipinski definition) is 0. The minimum absolute atomic E-state index is 0. The summed E-state index contributed by atoms with van der Waals surface area (Å²) in [4.78, 5) is 0. The van der Waals surface area contributed by atoms with E-state index in [4.69, 9.17) is 0 Å². The van der Waals surface area contributed by atoms with Gasteiger partial charge < -0.3 is 0 Å². The molecular formula is C27H70. The molecule has 27 heavy (non-hydrogen) atoms. The maximum atomic E-state index is 2.12. The van der Waals surface area contributed by atoms with Gasteiger partial charge in [0, 0.05) is 0 Å². The Hall–Kier alpha value is -0.780. The standard InChI is InChI=1S/C8H10.4C3H8.7CH4/c1-7-3-5-8(2)6-4-7;4*1-3-2;;;;;;;/h3-6H,1-2H3;4*3H2,1-2H3;7*1H4. The first-order valence-electron chi connectivity index (χ1n) is 8.48. The van der Waals surface area contributed by atoms with Gasteiger partial charge in [0.05, 0.1) is 0 Å². The lowest BCUT2D eigenvalue weighted by Gasteiger charge is -1.90. The van der Waals surface area contributed by atoms with Crippen molar-refractivity contribution < 1.29 is 0 Å². The lowest BCUT2D eigenvalue weighted by atomic mass is 10.2. The molecule has 0 saturated carbocycles. The first-order chi connectivity index (χ1) is 9.44. The summed E-state index contributed by atoms with van der Waals surface area (Å²) in [6, 6.07) is 8.48. The van der Waals surface area contributed by atoms with Crippen molar-refractivity contribution in [3.05, 3.63) is 35.4 Å². The summed E-state index contributed by atoms with van der Waals surface area (Å²) in [6.07, 6.45) is 5.00. The van der Waals surface area contributed by atoms with Crippen LogP contribution >= 0.6 is 0 Å². The second-order valence-electron chi connectivity index (χ2n) is 4.98. The van der Waals surface area contributed by atoms with Gasteiger partial charge in [0.1, 0.15) is 0 Å². The van der Waals surface area contributed by atoms with Crippen LogP contribution in [0, 0.1) is 13.8 Å². The second kappa shape index (κ2) is 84.7. The highest BCUT2D eigenvalue weighted by Gasteiger charge is 1.79. The van der Waals surface area contributed by atoms with Crippen LogP contribution in [-0.4, -0.2) is 0 Å². The van der Waals surface area contributed by atoms with Crippen molar-refractivity contribution in [2.24, 2.45) is 0 Å². The fourth-order valence-electron chi connectivity index (χ4n) is 0.637. The molecule has 0 aliphatic rings. The zero-order valence-electron chi connectivity index (χ0n) is 16.1. The molecule has 0 aliphatic heterocycles. The maximum absolute atomic E-state index is 2.12. The van der Waals surface area contributed by atoms with E-state index < -0.39 is 0 Å². The van der Waals surface area contributed by atoms with Gasteiger partial charge in [-0.15, -0.1) is 0 Å². The van der Waals surface area contributed by atoms with Crippen LogP contribution in [0.15, 0.2) is 24.3 Å². The van der Waals surface area contributed by atoms with Crippen LogP contribution in [0.5, 0.6) is 0 Å². The third-order valence-electron chi connectivity index (χ3n) is 1.22. The van der Waals surface area contributed by atoms with Gasteiger partial charge in [0.15, 0.2) is 0 Å². The molecule has 0 unspecified atom stereocenters. The Balaban J connectivity index is -0.0000000134. The van der Waals surface area contributed by atoms with Crippen LogP contribution in [-0.2, 0) is 0 Å². The van der Waals surface area contributed by atoms with Crippen LogP contribution in [0.1, 0.15) is 144 Å². The molecule has 0 spiro atoms. The molecular weight excluding hydrogens is 324 g/mol. The zero-order valence-corrected chi connectivity index (χ0v) is 16.1. The molecule has 0 heteroatoms. The second-order valence-corrected chi connectivity index (χ2v) is 4.98. The molecule has 1 aromatic carbocycles. The molecule has 1 aromatic rings. The van der Waals surface area contributed by atoms with Crippen molar-refractivity contribution in [3.8, 4) is 0 Å². The number of hydrogen-bond donors (Lipinski definition) is 0. The molecule has 0 saturated heterocycles. The van der Waals surface area contributed by atoms with E-state index in [9.17, 15) is 0 Å². The van der Waals surface area contributed by atoms with Crippen LogP contribution in [0.2, 0.25) is 0 Å². The van der Waals surface area contributed by atoms with Gasteiger partial charge in [-0.3, -0.25) is 0 Å². The first-order valence-corrected chi connectivity index (χ1v) is 8.48. The highest BCUT2D eigenvalue weighted by molar-refractivity contribution is 5.19. The van der Waals surface area contributed by atoms with E-state index in [2.05, 4.69) is 93.5 Å². The Morgan fingerprint density at radius 2 is 0.444 bits per heavy atom. The monoisotopic (exact) mass is 395 g/mol. The van der Waals surface area contributed by atoms with Gasteiger partial charge in [0.2, 0.25) is 0 Å². The number of aryl methyl sites for hydroxylation is 2. The molecule has 0 aromatic heterocycles. The molecule has 0 atom stereocenters. The van der Waals surface area contributed by atoms with Crippen molar-refractivity contribution in [2.45, 2.75) is 147 Å². The van der Waals surface area contributed by atoms with Crippen LogP contribution in [0.4, 0.5) is 0 Å². The van der Waals surface area contributed by atoms with Gasteiger partial charge in [0.25, 0.3) is 0 Å². The van der Waals surface area contributed by atoms with E-state index in [1.807, 2.05) is 0 Å². The van der Waals surface area contributed by atoms with Gasteiger partial charge >= 0.3 is 0 Å². The third kappa shape index (κ3) is 160. The topological polar surface area (TPSA) is 0 Å². The van der Waals surface area contributed by atoms with Gasteiger partial charge in [-0.25, -0.2) is 0 Å². The molecule has 0 heterocycles. The Morgan fingerprint density at radius 3 is 0.519 bits per heavy atom. The fourth-order valence-corrected chi connectivity index (χ4v) is 0.637. The van der Waals surface area contributed by atoms with Crippen molar-refractivity contribution in [1.82, 2.24) is 0 Å². The minimum atomic E-state index is 0. The van der Waals surface area contributed by atoms with E-state index in [0.29, 0.717) is 0 Å². The highest BCUT2D eigenvalue weighted by Crippen LogP contribution is 1.99. The summed E-state index contributed by atoms with van der Waals surface area (Å²) in [7, 11) is 0. The molecule has 0 nitrogen and oxygen atoms in total. The number of rotatable bonds is 0. The van der Waals surface area contributed by atoms with Crippen molar-refractivity contribution in [2.75, 3.05) is 0 Å². The maximum Gasteiger partial charge on any atom is -0.0398 e. The lowest BCUT2D eigenvalue weighted by Crippen LogP contribution is -1.70. The average Bonchev–Trinajstić information content (AvgIpc) is 2.37. The molecule has 0 fully saturated rings. The summed E-state index contributed by atoms with van der Waals surface area (Å²) in [5.74, 6) is 0. The van der Waals surface area contributed by atoms with Crippen molar-refractivity contribution in [3.63, 3.8) is 0 Å². The summed E-state index contributed by atoms with van der Waals surface area (Å²) >= 11 is 0. The predicted octanol–water partition coefficient (Wildman–Crippen LogP) is 12.4. The molecule has 178 valence electrons. The summed E-state index contributed by atoms with van der Waals surface area (Å²) in [5.41, 5.74) is 2.66. The zero-order chi connectivity index (χ0) is 16.8. The van der Waals surface area contributed by atoms with Crippen LogP contribution in [0.3, 0.4) is 0 Å². The summed E-state index contributed by atoms with van der Waals surface area (Å²) in [6.45, 7) is 21.2. The van der Waals surface area contributed by atoms with Crippen LogP contribution in [0.25, 0.3) is 0 Å². The first kappa shape index (κ1) is 72.0. The Bertz CT molecular complexity index is 179. The number of benzene rings is 1. The van der Waals surface area contributed by atoms with E-state index in [-0.39, 0.29) is 52.0 Å². The van der Waals surface area contributed by atoms with Crippen molar-refractivity contribution >= 4 is 0 Å². The summed E-state index contributed by atoms with van der Waals surface area (Å²) in [5, 5.41) is 0. The average molecular weight is 395 g/mol. The van der Waals surface area contributed by atoms with E-state index in [1.165, 1.54) is 36.8 Å². The third-order valence-corrected chi connectivity index (χ3v) is 1.22. The SMILES string of the molecule is C.C.C.C.C.C.C.CCC.CCC.CCC.CCC.Cc1ccc(C)cc1. The molecule has 1 rings (SSSR count). The lowest BCUT2D eigenvalue weighted by molar-refractivity contribution is 1.09. The molecule has 0 radical (unpaired) electrons. The van der Waals surface area contributed by atoms with Crippen LogP contribution < -0.4 is 0 Å². The van der Waals surface area contributed by atoms with E-state index >= 15 is 0 Å². The van der Waals surface area contributed by atoms with Gasteiger partial charge in [-0.1, -0.05) is 168 Å². The summed E-state index contributed by atoms with van der Waals surface area (Å²) < 4.78 is 0. The van der Waals surface area contributed by atoms with E-state index in [1.54, 1.807) is 0 Å². The molecule has 0 amide bonds. The normalized spacial score (nSPS) is 5.41. The Morgan fingerprint density at radius 1 is 0.370 bits per heavy atom. The fraction of sp³-hybridized carbons (Fsp3) is 0.778. The minimum Gasteiger partial charge on any atom is -0.0776 e. The van der Waals surface area contributed by atoms with Gasteiger partial charge in [-0.05, 0) is 13.8 Å². The molecule has 0 aliphatic carbocycles. The molecule has 0 N–H and O–H groups in total. The Kier molecular flexibility index (Phi) is 226. The Labute approximate surface area is 182 Å². The quantitative estimate of drug-likeness (QED) is 0.410. The smallest absolute Gasteiger partial charge is 0.0398 e. The van der Waals surface area contributed by atoms with Gasteiger partial charge in [-0.2, -0.15) is 0 Å². The highest BCUT2D eigenvalue weighted by atomic mass is 13.9.